The molecule has 0 N–H and O–H groups in total. The first-order chi connectivity index (χ1) is 28.8. The maximum atomic E-state index is 2.59. The highest BCUT2D eigenvalue weighted by atomic mass is 15.2. The molecule has 0 saturated heterocycles. The van der Waals surface area contributed by atoms with Gasteiger partial charge in [0.2, 0.25) is 0 Å². The van der Waals surface area contributed by atoms with Crippen molar-refractivity contribution in [2.45, 2.75) is 37.5 Å². The van der Waals surface area contributed by atoms with Gasteiger partial charge in [0.25, 0.3) is 0 Å². The Kier molecular flexibility index (Phi) is 7.63. The van der Waals surface area contributed by atoms with E-state index in [2.05, 4.69) is 204 Å². The van der Waals surface area contributed by atoms with Crippen LogP contribution in [0.4, 0.5) is 34.1 Å². The summed E-state index contributed by atoms with van der Waals surface area (Å²) in [6, 6.07) is 72.6. The van der Waals surface area contributed by atoms with Gasteiger partial charge in [0.05, 0.1) is 11.4 Å². The Morgan fingerprint density at radius 1 is 0.362 bits per heavy atom. The molecular weight excluding hydrogens is 701 g/mol. The molecular formula is C56H44N2. The summed E-state index contributed by atoms with van der Waals surface area (Å²) in [5.74, 6) is 1.09. The molecule has 8 aromatic rings. The van der Waals surface area contributed by atoms with Gasteiger partial charge in [-0.15, -0.1) is 0 Å². The van der Waals surface area contributed by atoms with Crippen LogP contribution in [0.25, 0.3) is 22.3 Å². The van der Waals surface area contributed by atoms with Gasteiger partial charge < -0.3 is 9.80 Å². The standard InChI is InChI=1S/C56H44N2/c1-4-14-38(15-5-1)39-26-30-48(31-27-39)57(46-19-6-2-7-20-46)52-24-12-17-41-35-44-28-29-45-36-42-18-13-25-53(55(42)56(44,45)54(41)52)58(47-21-8-3-9-22-47)49-32-33-51-43(37-49)34-40-16-10-11-23-50(40)51/h1-27,30-33,37,44-45H,28-29,34-36H2. The molecule has 0 aliphatic heterocycles. The lowest BCUT2D eigenvalue weighted by Crippen LogP contribution is -2.34. The highest BCUT2D eigenvalue weighted by molar-refractivity contribution is 5.88. The molecule has 3 unspecified atom stereocenters. The van der Waals surface area contributed by atoms with Crippen molar-refractivity contribution in [2.24, 2.45) is 11.8 Å². The van der Waals surface area contributed by atoms with Crippen molar-refractivity contribution in [1.29, 1.82) is 0 Å². The summed E-state index contributed by atoms with van der Waals surface area (Å²) < 4.78 is 0. The summed E-state index contributed by atoms with van der Waals surface area (Å²) in [5, 5.41) is 0. The van der Waals surface area contributed by atoms with E-state index in [9.17, 15) is 0 Å². The maximum Gasteiger partial charge on any atom is 0.0505 e. The van der Waals surface area contributed by atoms with Gasteiger partial charge in [0.1, 0.15) is 0 Å². The van der Waals surface area contributed by atoms with E-state index in [-0.39, 0.29) is 5.41 Å². The zero-order valence-electron chi connectivity index (χ0n) is 32.6. The first-order valence-corrected chi connectivity index (χ1v) is 21.1. The van der Waals surface area contributed by atoms with Crippen LogP contribution in [-0.2, 0) is 24.7 Å². The molecule has 4 aliphatic carbocycles. The van der Waals surface area contributed by atoms with Crippen LogP contribution >= 0.6 is 0 Å². The molecule has 58 heavy (non-hydrogen) atoms. The van der Waals surface area contributed by atoms with Gasteiger partial charge in [-0.25, -0.2) is 0 Å². The van der Waals surface area contributed by atoms with Gasteiger partial charge in [0.15, 0.2) is 0 Å². The van der Waals surface area contributed by atoms with Gasteiger partial charge in [-0.1, -0.05) is 133 Å². The minimum Gasteiger partial charge on any atom is -0.310 e. The summed E-state index contributed by atoms with van der Waals surface area (Å²) in [6.07, 6.45) is 5.72. The summed E-state index contributed by atoms with van der Waals surface area (Å²) >= 11 is 0. The Hall–Kier alpha value is -6.64. The lowest BCUT2D eigenvalue weighted by atomic mass is 9.68. The number of nitrogens with zero attached hydrogens (tertiary/aromatic N) is 2. The Morgan fingerprint density at radius 3 is 1.45 bits per heavy atom. The maximum absolute atomic E-state index is 2.59. The Labute approximate surface area is 341 Å². The van der Waals surface area contributed by atoms with E-state index in [1.54, 1.807) is 11.1 Å². The number of hydrogen-bond acceptors (Lipinski definition) is 2. The number of para-hydroxylation sites is 2. The fourth-order valence-corrected chi connectivity index (χ4v) is 11.7. The third-order valence-electron chi connectivity index (χ3n) is 13.9. The molecule has 3 atom stereocenters. The highest BCUT2D eigenvalue weighted by Crippen LogP contribution is 2.68. The average molecular weight is 745 g/mol. The van der Waals surface area contributed by atoms with Crippen molar-refractivity contribution in [3.8, 4) is 22.3 Å². The normalized spacial score (nSPS) is 19.1. The van der Waals surface area contributed by atoms with Gasteiger partial charge >= 0.3 is 0 Å². The molecule has 278 valence electrons. The summed E-state index contributed by atoms with van der Waals surface area (Å²) in [4.78, 5) is 5.14. The number of fused-ring (bicyclic) bond motifs is 5. The molecule has 0 heterocycles. The van der Waals surface area contributed by atoms with Crippen LogP contribution in [0, 0.1) is 11.8 Å². The van der Waals surface area contributed by atoms with E-state index in [4.69, 9.17) is 0 Å². The second-order valence-electron chi connectivity index (χ2n) is 16.8. The van der Waals surface area contributed by atoms with E-state index >= 15 is 0 Å². The minimum absolute atomic E-state index is 0.102. The van der Waals surface area contributed by atoms with Crippen LogP contribution in [0.3, 0.4) is 0 Å². The molecule has 4 aliphatic rings. The molecule has 0 aromatic heterocycles. The molecule has 2 nitrogen and oxygen atoms in total. The van der Waals surface area contributed by atoms with Crippen LogP contribution in [0.2, 0.25) is 0 Å². The van der Waals surface area contributed by atoms with Crippen molar-refractivity contribution < 1.29 is 0 Å². The first kappa shape index (κ1) is 33.5. The van der Waals surface area contributed by atoms with Crippen LogP contribution in [0.15, 0.2) is 194 Å². The average Bonchev–Trinajstić information content (AvgIpc) is 4.02. The van der Waals surface area contributed by atoms with Crippen molar-refractivity contribution >= 4 is 34.1 Å². The molecule has 0 amide bonds. The van der Waals surface area contributed by atoms with Crippen molar-refractivity contribution in [1.82, 2.24) is 0 Å². The monoisotopic (exact) mass is 744 g/mol. The predicted molar refractivity (Wildman–Crippen MR) is 240 cm³/mol. The number of benzene rings is 8. The summed E-state index contributed by atoms with van der Waals surface area (Å²) in [6.45, 7) is 0. The molecule has 12 rings (SSSR count). The fraction of sp³-hybridized carbons (Fsp3) is 0.143. The molecule has 1 saturated carbocycles. The number of hydrogen-bond donors (Lipinski definition) is 0. The zero-order valence-corrected chi connectivity index (χ0v) is 32.6. The van der Waals surface area contributed by atoms with Crippen molar-refractivity contribution in [2.75, 3.05) is 9.80 Å². The third-order valence-corrected chi connectivity index (χ3v) is 13.9. The van der Waals surface area contributed by atoms with E-state index < -0.39 is 0 Å². The lowest BCUT2D eigenvalue weighted by Gasteiger charge is -2.40. The predicted octanol–water partition coefficient (Wildman–Crippen LogP) is 14.3. The molecule has 0 radical (unpaired) electrons. The van der Waals surface area contributed by atoms with Gasteiger partial charge in [-0.3, -0.25) is 0 Å². The number of anilines is 6. The molecule has 1 fully saturated rings. The Balaban J connectivity index is 1.06. The van der Waals surface area contributed by atoms with E-state index in [1.807, 2.05) is 0 Å². The SMILES string of the molecule is c1ccc(-c2ccc(N(c3ccccc3)c3cccc4c3C35c6c(cccc6N(c6ccccc6)c6ccc7c(c6)Cc6ccccc6-7)CC3CCC5C4)cc2)cc1. The van der Waals surface area contributed by atoms with Crippen molar-refractivity contribution in [3.05, 3.63) is 228 Å². The Morgan fingerprint density at radius 2 is 0.828 bits per heavy atom. The lowest BCUT2D eigenvalue weighted by molar-refractivity contribution is 0.350. The largest absolute Gasteiger partial charge is 0.310 e. The second-order valence-corrected chi connectivity index (χ2v) is 16.8. The fourth-order valence-electron chi connectivity index (χ4n) is 11.7. The Bertz CT molecular complexity index is 2820. The molecule has 8 aromatic carbocycles. The van der Waals surface area contributed by atoms with Crippen molar-refractivity contribution in [3.63, 3.8) is 0 Å². The highest BCUT2D eigenvalue weighted by Gasteiger charge is 2.62. The molecule has 2 heteroatoms. The van der Waals surface area contributed by atoms with E-state index in [1.165, 1.54) is 91.5 Å². The zero-order chi connectivity index (χ0) is 38.2. The number of rotatable bonds is 7. The topological polar surface area (TPSA) is 6.48 Å². The third kappa shape index (κ3) is 4.97. The molecule has 0 bridgehead atoms. The van der Waals surface area contributed by atoms with Crippen LogP contribution < -0.4 is 9.80 Å². The van der Waals surface area contributed by atoms with Crippen LogP contribution in [0.5, 0.6) is 0 Å². The minimum atomic E-state index is -0.102. The second kappa shape index (κ2) is 13.2. The quantitative estimate of drug-likeness (QED) is 0.160. The summed E-state index contributed by atoms with van der Waals surface area (Å²) in [5.41, 5.74) is 21.5. The van der Waals surface area contributed by atoms with E-state index in [0.717, 1.165) is 19.3 Å². The smallest absolute Gasteiger partial charge is 0.0505 e. The van der Waals surface area contributed by atoms with Crippen LogP contribution in [-0.4, -0.2) is 0 Å². The van der Waals surface area contributed by atoms with Gasteiger partial charge in [-0.05, 0) is 160 Å². The van der Waals surface area contributed by atoms with Crippen LogP contribution in [0.1, 0.15) is 46.2 Å². The van der Waals surface area contributed by atoms with E-state index in [0.29, 0.717) is 11.8 Å². The first-order valence-electron chi connectivity index (χ1n) is 21.1. The summed E-state index contributed by atoms with van der Waals surface area (Å²) in [7, 11) is 0. The van der Waals surface area contributed by atoms with Gasteiger partial charge in [0, 0.05) is 28.2 Å². The van der Waals surface area contributed by atoms with Gasteiger partial charge in [-0.2, -0.15) is 0 Å². The molecule has 1 spiro atoms.